The summed E-state index contributed by atoms with van der Waals surface area (Å²) in [5.74, 6) is 0. The van der Waals surface area contributed by atoms with Crippen LogP contribution in [0.2, 0.25) is 0 Å². The molecule has 0 spiro atoms. The molecule has 0 saturated heterocycles. The molecule has 309 valence electrons. The number of benzene rings is 4. The first-order valence-electron chi connectivity index (χ1n) is 17.5. The molecule has 61 heavy (non-hydrogen) atoms. The Morgan fingerprint density at radius 2 is 0.590 bits per heavy atom. The Balaban J connectivity index is 0.000000185. The van der Waals surface area contributed by atoms with Crippen molar-refractivity contribution in [3.63, 3.8) is 0 Å². The zero-order valence-corrected chi connectivity index (χ0v) is 32.4. The maximum Gasteiger partial charge on any atom is 0.166 e. The number of H-pyrrole nitrogens is 2. The summed E-state index contributed by atoms with van der Waals surface area (Å²) in [6, 6.07) is 50.5. The van der Waals surface area contributed by atoms with Crippen LogP contribution in [0.1, 0.15) is 22.8 Å². The third kappa shape index (κ3) is 15.1. The molecule has 16 nitrogen and oxygen atoms in total. The monoisotopic (exact) mass is 861 g/mol. The molecule has 5 heterocycles. The van der Waals surface area contributed by atoms with Crippen molar-refractivity contribution in [2.45, 2.75) is 0 Å². The summed E-state index contributed by atoms with van der Waals surface area (Å²) in [6.45, 7) is 0. The van der Waals surface area contributed by atoms with Gasteiger partial charge in [-0.25, -0.2) is 9.97 Å². The number of aromatic nitrogens is 4. The minimum Gasteiger partial charge on any atom is -0.355 e. The van der Waals surface area contributed by atoms with Gasteiger partial charge in [0.2, 0.25) is 0 Å². The number of nitrogens with one attached hydrogen (secondary N) is 2. The van der Waals surface area contributed by atoms with Crippen molar-refractivity contribution < 1.29 is 36.8 Å². The molecule has 9 rings (SSSR count). The first kappa shape index (κ1) is 45.3. The van der Waals surface area contributed by atoms with E-state index in [9.17, 15) is 40.5 Å². The third-order valence-corrected chi connectivity index (χ3v) is 7.69. The van der Waals surface area contributed by atoms with Crippen LogP contribution in [-0.4, -0.2) is 39.6 Å². The van der Waals surface area contributed by atoms with Crippen LogP contribution in [0.4, 0.5) is 22.7 Å². The average molecular weight is 862 g/mol. The smallest absolute Gasteiger partial charge is 0.166 e. The Morgan fingerprint density at radius 3 is 0.820 bits per heavy atom. The second-order valence-corrected chi connectivity index (χ2v) is 12.0. The van der Waals surface area contributed by atoms with Gasteiger partial charge in [-0.2, -0.15) is 72.8 Å². The van der Waals surface area contributed by atoms with Gasteiger partial charge in [-0.15, -0.1) is 0 Å². The maximum absolute atomic E-state index is 9.99. The zero-order chi connectivity index (χ0) is 42.7. The standard InChI is InChI=1S/C20H14N4.4C6H4NO2.Cu/c1-2-14-10-16-5-6-18(23-16)12-20-8-7-19(24-20)11-17-4-3-15(22-17)9-13(1)21-14;4*8-7(9)6-4-2-1-3-5-6;/h1-12,21-22H;4*2-5H;/q;4*-1;. The molecule has 4 aromatic carbocycles. The van der Waals surface area contributed by atoms with Crippen LogP contribution in [-0.2, 0) is 17.1 Å². The first-order valence-corrected chi connectivity index (χ1v) is 17.5. The fourth-order valence-corrected chi connectivity index (χ4v) is 4.94. The normalized spacial score (nSPS) is 10.2. The number of nitro benzene ring substituents is 4. The summed E-state index contributed by atoms with van der Waals surface area (Å²) < 4.78 is 0. The van der Waals surface area contributed by atoms with Crippen LogP contribution in [0.15, 0.2) is 146 Å². The van der Waals surface area contributed by atoms with Crippen LogP contribution >= 0.6 is 0 Å². The molecule has 7 aromatic rings. The Hall–Kier alpha value is -8.40. The molecule has 17 heteroatoms. The Bertz CT molecular complexity index is 2500. The number of rotatable bonds is 4. The van der Waals surface area contributed by atoms with Gasteiger partial charge >= 0.3 is 0 Å². The first-order chi connectivity index (χ1) is 29.0. The predicted octanol–water partition coefficient (Wildman–Crippen LogP) is 10.2. The Labute approximate surface area is 357 Å². The molecule has 0 aliphatic carbocycles. The van der Waals surface area contributed by atoms with Crippen molar-refractivity contribution in [2.75, 3.05) is 0 Å². The van der Waals surface area contributed by atoms with Crippen molar-refractivity contribution in [3.8, 4) is 0 Å². The second-order valence-electron chi connectivity index (χ2n) is 12.0. The van der Waals surface area contributed by atoms with Crippen LogP contribution in [0, 0.1) is 64.7 Å². The Kier molecular flexibility index (Phi) is 17.2. The van der Waals surface area contributed by atoms with E-state index in [0.29, 0.717) is 0 Å². The van der Waals surface area contributed by atoms with Gasteiger partial charge in [0.1, 0.15) is 0 Å². The average Bonchev–Trinajstić information content (AvgIpc) is 4.11. The van der Waals surface area contributed by atoms with E-state index in [1.807, 2.05) is 42.5 Å². The molecule has 3 aromatic heterocycles. The summed E-state index contributed by atoms with van der Waals surface area (Å²) >= 11 is 0. The molecule has 1 radical (unpaired) electrons. The van der Waals surface area contributed by atoms with Gasteiger partial charge in [-0.05, 0) is 72.8 Å². The summed E-state index contributed by atoms with van der Waals surface area (Å²) in [5, 5.41) is 40.0. The zero-order valence-electron chi connectivity index (χ0n) is 31.4. The van der Waals surface area contributed by atoms with E-state index >= 15 is 0 Å². The molecule has 2 aliphatic rings. The third-order valence-electron chi connectivity index (χ3n) is 7.69. The van der Waals surface area contributed by atoms with Gasteiger partial charge in [0.15, 0.2) is 22.7 Å². The molecule has 0 amide bonds. The number of nitro groups is 4. The molecular weight excluding hydrogens is 832 g/mol. The second kappa shape index (κ2) is 23.1. The van der Waals surface area contributed by atoms with Crippen LogP contribution in [0.3, 0.4) is 0 Å². The van der Waals surface area contributed by atoms with Crippen LogP contribution < -0.4 is 0 Å². The Morgan fingerprint density at radius 1 is 0.361 bits per heavy atom. The molecular formula is C44H30CuN8O8-4. The fraction of sp³-hybridized carbons (Fsp3) is 0. The van der Waals surface area contributed by atoms with E-state index in [-0.39, 0.29) is 39.8 Å². The summed E-state index contributed by atoms with van der Waals surface area (Å²) in [4.78, 5) is 54.2. The SMILES string of the molecule is C1=Cc2cc3ccc(cc4ccc(cc5nc(cc1n2)C=C5)[nH]4)[nH]3.O=[N+]([O-])c1cc[c-]cc1.O=[N+]([O-])c1cc[c-]cc1.O=[N+]([O-])c1cc[c-]cc1.O=[N+]([O-])c1cc[c-]cc1.[Cu]. The summed E-state index contributed by atoms with van der Waals surface area (Å²) in [5.41, 5.74) is 8.28. The van der Waals surface area contributed by atoms with Gasteiger partial charge in [0.05, 0.1) is 22.8 Å². The predicted molar refractivity (Wildman–Crippen MR) is 227 cm³/mol. The number of nitrogens with zero attached hydrogens (tertiary/aromatic N) is 6. The van der Waals surface area contributed by atoms with Crippen LogP contribution in [0.25, 0.3) is 46.4 Å². The quantitative estimate of drug-likeness (QED) is 0.0735. The van der Waals surface area contributed by atoms with Crippen molar-refractivity contribution in [3.05, 3.63) is 233 Å². The number of aromatic amines is 2. The molecule has 0 atom stereocenters. The van der Waals surface area contributed by atoms with Gasteiger partial charge in [0.25, 0.3) is 0 Å². The molecule has 0 fully saturated rings. The summed E-state index contributed by atoms with van der Waals surface area (Å²) in [7, 11) is 0. The van der Waals surface area contributed by atoms with Crippen molar-refractivity contribution in [2.24, 2.45) is 0 Å². The minimum atomic E-state index is -0.437. The largest absolute Gasteiger partial charge is 0.355 e. The van der Waals surface area contributed by atoms with Gasteiger partial charge < -0.3 is 9.97 Å². The van der Waals surface area contributed by atoms with E-state index in [2.05, 4.69) is 74.5 Å². The topological polar surface area (TPSA) is 230 Å². The molecule has 2 N–H and O–H groups in total. The van der Waals surface area contributed by atoms with Crippen molar-refractivity contribution >= 4 is 69.1 Å². The molecule has 0 unspecified atom stereocenters. The van der Waals surface area contributed by atoms with E-state index in [1.54, 1.807) is 0 Å². The van der Waals surface area contributed by atoms with E-state index in [1.165, 1.54) is 97.1 Å². The van der Waals surface area contributed by atoms with Crippen molar-refractivity contribution in [1.29, 1.82) is 0 Å². The van der Waals surface area contributed by atoms with E-state index < -0.39 is 19.7 Å². The van der Waals surface area contributed by atoms with E-state index in [4.69, 9.17) is 0 Å². The van der Waals surface area contributed by atoms with Gasteiger partial charge in [0, 0.05) is 58.8 Å². The molecule has 2 aliphatic heterocycles. The van der Waals surface area contributed by atoms with Crippen molar-refractivity contribution in [1.82, 2.24) is 19.9 Å². The molecule has 0 saturated carbocycles. The number of hydrogen-bond acceptors (Lipinski definition) is 10. The molecule has 8 bridgehead atoms. The number of non-ortho nitro benzene ring substituents is 4. The maximum atomic E-state index is 9.99. The van der Waals surface area contributed by atoms with E-state index in [0.717, 1.165) is 44.8 Å². The number of hydrogen-bond donors (Lipinski definition) is 2. The minimum absolute atomic E-state index is 0. The van der Waals surface area contributed by atoms with Crippen LogP contribution in [0.5, 0.6) is 0 Å². The fourth-order valence-electron chi connectivity index (χ4n) is 4.94. The van der Waals surface area contributed by atoms with Gasteiger partial charge in [-0.3, -0.25) is 40.5 Å². The number of fused-ring (bicyclic) bond motifs is 8. The van der Waals surface area contributed by atoms with Gasteiger partial charge in [-0.1, -0.05) is 48.5 Å². The summed E-state index contributed by atoms with van der Waals surface area (Å²) in [6.07, 6.45) is 8.05.